The van der Waals surface area contributed by atoms with Crippen LogP contribution in [0.4, 0.5) is 10.2 Å². The highest BCUT2D eigenvalue weighted by atomic mass is 79.9. The Labute approximate surface area is 111 Å². The van der Waals surface area contributed by atoms with Crippen molar-refractivity contribution in [3.8, 4) is 0 Å². The largest absolute Gasteiger partial charge is 0.369 e. The van der Waals surface area contributed by atoms with Crippen LogP contribution in [0.2, 0.25) is 0 Å². The molecule has 1 aromatic heterocycles. The predicted molar refractivity (Wildman–Crippen MR) is 71.2 cm³/mol. The average Bonchev–Trinajstić information content (AvgIpc) is 2.35. The number of H-pyrrole nitrogens is 1. The van der Waals surface area contributed by atoms with Crippen molar-refractivity contribution in [2.24, 2.45) is 0 Å². The molecule has 0 atom stereocenters. The molecule has 0 aliphatic rings. The number of halogens is 2. The molecule has 0 amide bonds. The Kier molecular flexibility index (Phi) is 4.09. The summed E-state index contributed by atoms with van der Waals surface area (Å²) in [5.41, 5.74) is 0.654. The lowest BCUT2D eigenvalue weighted by Crippen LogP contribution is -2.13. The second-order valence-corrected chi connectivity index (χ2v) is 4.49. The van der Waals surface area contributed by atoms with E-state index in [1.54, 1.807) is 6.07 Å². The summed E-state index contributed by atoms with van der Waals surface area (Å²) in [7, 11) is 0. The molecule has 18 heavy (non-hydrogen) atoms. The van der Waals surface area contributed by atoms with E-state index in [1.165, 1.54) is 18.5 Å². The van der Waals surface area contributed by atoms with Crippen LogP contribution in [-0.2, 0) is 6.42 Å². The fraction of sp³-hybridized carbons (Fsp3) is 0.167. The zero-order valence-corrected chi connectivity index (χ0v) is 11.0. The molecule has 6 heteroatoms. The molecule has 0 fully saturated rings. The molecule has 0 aliphatic carbocycles. The van der Waals surface area contributed by atoms with Gasteiger partial charge in [-0.25, -0.2) is 9.37 Å². The van der Waals surface area contributed by atoms with Crippen molar-refractivity contribution in [2.75, 3.05) is 11.9 Å². The standard InChI is InChI=1S/C12H11BrFN3O/c13-10-11(16-7-17-12(10)18)15-5-4-8-2-1-3-9(14)6-8/h1-3,6-7H,4-5H2,(H2,15,16,17,18). The molecule has 0 bridgehead atoms. The molecule has 0 aliphatic heterocycles. The summed E-state index contributed by atoms with van der Waals surface area (Å²) in [6, 6.07) is 6.42. The fourth-order valence-corrected chi connectivity index (χ4v) is 1.88. The van der Waals surface area contributed by atoms with Crippen molar-refractivity contribution in [3.05, 3.63) is 56.8 Å². The Bertz CT molecular complexity index is 600. The molecule has 1 heterocycles. The van der Waals surface area contributed by atoms with Gasteiger partial charge in [-0.3, -0.25) is 4.79 Å². The molecule has 0 unspecified atom stereocenters. The van der Waals surface area contributed by atoms with Crippen LogP contribution in [0, 0.1) is 5.82 Å². The van der Waals surface area contributed by atoms with Gasteiger partial charge in [0.25, 0.3) is 5.56 Å². The number of nitrogens with zero attached hydrogens (tertiary/aromatic N) is 1. The SMILES string of the molecule is O=c1[nH]cnc(NCCc2cccc(F)c2)c1Br. The Morgan fingerprint density at radius 3 is 3.06 bits per heavy atom. The van der Waals surface area contributed by atoms with E-state index in [-0.39, 0.29) is 11.4 Å². The molecule has 0 spiro atoms. The van der Waals surface area contributed by atoms with E-state index in [0.717, 1.165) is 5.56 Å². The summed E-state index contributed by atoms with van der Waals surface area (Å²) >= 11 is 3.15. The summed E-state index contributed by atoms with van der Waals surface area (Å²) < 4.78 is 13.3. The van der Waals surface area contributed by atoms with E-state index >= 15 is 0 Å². The Morgan fingerprint density at radius 2 is 2.28 bits per heavy atom. The van der Waals surface area contributed by atoms with Crippen molar-refractivity contribution < 1.29 is 4.39 Å². The van der Waals surface area contributed by atoms with Gasteiger partial charge in [0.15, 0.2) is 0 Å². The number of hydrogen-bond donors (Lipinski definition) is 2. The molecule has 4 nitrogen and oxygen atoms in total. The second-order valence-electron chi connectivity index (χ2n) is 3.70. The lowest BCUT2D eigenvalue weighted by molar-refractivity contribution is 0.625. The zero-order valence-electron chi connectivity index (χ0n) is 9.41. The van der Waals surface area contributed by atoms with Gasteiger partial charge in [-0.15, -0.1) is 0 Å². The minimum Gasteiger partial charge on any atom is -0.369 e. The average molecular weight is 312 g/mol. The number of aromatic nitrogens is 2. The van der Waals surface area contributed by atoms with E-state index < -0.39 is 0 Å². The number of aromatic amines is 1. The van der Waals surface area contributed by atoms with E-state index in [4.69, 9.17) is 0 Å². The summed E-state index contributed by atoms with van der Waals surface area (Å²) in [5, 5.41) is 3.02. The number of hydrogen-bond acceptors (Lipinski definition) is 3. The van der Waals surface area contributed by atoms with Crippen LogP contribution in [0.1, 0.15) is 5.56 Å². The first-order valence-electron chi connectivity index (χ1n) is 5.38. The normalized spacial score (nSPS) is 10.3. The third-order valence-electron chi connectivity index (χ3n) is 2.39. The fourth-order valence-electron chi connectivity index (χ4n) is 1.52. The molecule has 0 saturated heterocycles. The van der Waals surface area contributed by atoms with Crippen LogP contribution < -0.4 is 10.9 Å². The van der Waals surface area contributed by atoms with Crippen LogP contribution >= 0.6 is 15.9 Å². The van der Waals surface area contributed by atoms with E-state index in [9.17, 15) is 9.18 Å². The molecule has 2 aromatic rings. The molecule has 1 aromatic carbocycles. The maximum atomic E-state index is 12.9. The Balaban J connectivity index is 1.97. The highest BCUT2D eigenvalue weighted by Crippen LogP contribution is 2.13. The van der Waals surface area contributed by atoms with Gasteiger partial charge in [-0.1, -0.05) is 12.1 Å². The molecule has 0 radical (unpaired) electrons. The molecule has 0 saturated carbocycles. The summed E-state index contributed by atoms with van der Waals surface area (Å²) in [6.45, 7) is 0.568. The number of benzene rings is 1. The van der Waals surface area contributed by atoms with Gasteiger partial charge in [0.05, 0.1) is 6.33 Å². The Morgan fingerprint density at radius 1 is 1.44 bits per heavy atom. The van der Waals surface area contributed by atoms with Crippen LogP contribution in [0.25, 0.3) is 0 Å². The third kappa shape index (κ3) is 3.16. The highest BCUT2D eigenvalue weighted by molar-refractivity contribution is 9.10. The van der Waals surface area contributed by atoms with E-state index in [1.807, 2.05) is 6.07 Å². The molecular weight excluding hydrogens is 301 g/mol. The Hall–Kier alpha value is -1.69. The third-order valence-corrected chi connectivity index (χ3v) is 3.13. The van der Waals surface area contributed by atoms with Crippen LogP contribution in [0.15, 0.2) is 39.9 Å². The number of nitrogens with one attached hydrogen (secondary N) is 2. The second kappa shape index (κ2) is 5.77. The van der Waals surface area contributed by atoms with Gasteiger partial charge in [0.1, 0.15) is 16.1 Å². The number of anilines is 1. The minimum absolute atomic E-state index is 0.238. The quantitative estimate of drug-likeness (QED) is 0.911. The molecular formula is C12H11BrFN3O. The van der Waals surface area contributed by atoms with Gasteiger partial charge in [-0.2, -0.15) is 0 Å². The van der Waals surface area contributed by atoms with Gasteiger partial charge >= 0.3 is 0 Å². The first-order valence-corrected chi connectivity index (χ1v) is 6.17. The van der Waals surface area contributed by atoms with E-state index in [0.29, 0.717) is 23.3 Å². The minimum atomic E-state index is -0.247. The highest BCUT2D eigenvalue weighted by Gasteiger charge is 2.04. The van der Waals surface area contributed by atoms with Crippen molar-refractivity contribution in [1.82, 2.24) is 9.97 Å². The monoisotopic (exact) mass is 311 g/mol. The van der Waals surface area contributed by atoms with E-state index in [2.05, 4.69) is 31.2 Å². The lowest BCUT2D eigenvalue weighted by Gasteiger charge is -2.06. The van der Waals surface area contributed by atoms with Gasteiger partial charge < -0.3 is 10.3 Å². The van der Waals surface area contributed by atoms with Crippen molar-refractivity contribution in [2.45, 2.75) is 6.42 Å². The van der Waals surface area contributed by atoms with Gasteiger partial charge in [-0.05, 0) is 40.0 Å². The summed E-state index contributed by atoms with van der Waals surface area (Å²) in [5.74, 6) is 0.234. The predicted octanol–water partition coefficient (Wildman–Crippen LogP) is 2.33. The van der Waals surface area contributed by atoms with Gasteiger partial charge in [0, 0.05) is 6.54 Å². The molecule has 2 N–H and O–H groups in total. The maximum absolute atomic E-state index is 12.9. The summed E-state index contributed by atoms with van der Waals surface area (Å²) in [4.78, 5) is 17.7. The maximum Gasteiger partial charge on any atom is 0.267 e. The summed E-state index contributed by atoms with van der Waals surface area (Å²) in [6.07, 6.45) is 1.98. The first kappa shape index (κ1) is 12.8. The van der Waals surface area contributed by atoms with Crippen molar-refractivity contribution >= 4 is 21.7 Å². The lowest BCUT2D eigenvalue weighted by atomic mass is 10.1. The van der Waals surface area contributed by atoms with Crippen molar-refractivity contribution in [3.63, 3.8) is 0 Å². The van der Waals surface area contributed by atoms with Crippen LogP contribution in [0.5, 0.6) is 0 Å². The van der Waals surface area contributed by atoms with Crippen molar-refractivity contribution in [1.29, 1.82) is 0 Å². The molecule has 2 rings (SSSR count). The van der Waals surface area contributed by atoms with Crippen LogP contribution in [0.3, 0.4) is 0 Å². The molecule has 94 valence electrons. The zero-order chi connectivity index (χ0) is 13.0. The topological polar surface area (TPSA) is 57.8 Å². The smallest absolute Gasteiger partial charge is 0.267 e. The van der Waals surface area contributed by atoms with Gasteiger partial charge in [0.2, 0.25) is 0 Å². The first-order chi connectivity index (χ1) is 8.66. The van der Waals surface area contributed by atoms with Crippen LogP contribution in [-0.4, -0.2) is 16.5 Å². The number of rotatable bonds is 4.